The minimum atomic E-state index is -2.77. The number of pyridine rings is 1. The molecule has 0 spiro atoms. The Hall–Kier alpha value is -0.940. The van der Waals surface area contributed by atoms with Crippen LogP contribution in [-0.2, 0) is 12.5 Å². The number of hydrogen-bond donors (Lipinski definition) is 2. The first kappa shape index (κ1) is 11.1. The largest absolute Gasteiger partial charge is 0.506 e. The summed E-state index contributed by atoms with van der Waals surface area (Å²) in [5, 5.41) is 17.9. The summed E-state index contributed by atoms with van der Waals surface area (Å²) in [6, 6.07) is 1.09. The van der Waals surface area contributed by atoms with Gasteiger partial charge in [0.25, 0.3) is 6.43 Å². The van der Waals surface area contributed by atoms with Gasteiger partial charge in [0.05, 0.1) is 6.61 Å². The molecule has 0 fully saturated rings. The Morgan fingerprint density at radius 3 is 2.57 bits per heavy atom. The summed E-state index contributed by atoms with van der Waals surface area (Å²) in [4.78, 5) is 3.43. The number of aromatic nitrogens is 1. The minimum Gasteiger partial charge on any atom is -0.506 e. The molecular weight excluding hydrogens is 216 g/mol. The molecule has 0 saturated heterocycles. The van der Waals surface area contributed by atoms with Crippen LogP contribution in [-0.4, -0.2) is 15.2 Å². The maximum absolute atomic E-state index is 12.4. The second-order valence-corrected chi connectivity index (χ2v) is 2.86. The molecule has 0 amide bonds. The Balaban J connectivity index is 3.25. The van der Waals surface area contributed by atoms with Crippen LogP contribution in [0.5, 0.6) is 5.75 Å². The molecule has 2 N–H and O–H groups in total. The number of hydrogen-bond acceptors (Lipinski definition) is 3. The highest BCUT2D eigenvalue weighted by Crippen LogP contribution is 2.27. The lowest BCUT2D eigenvalue weighted by Crippen LogP contribution is -2.01. The van der Waals surface area contributed by atoms with Gasteiger partial charge in [0.1, 0.15) is 17.1 Å². The first-order valence-corrected chi connectivity index (χ1v) is 4.30. The third-order valence-electron chi connectivity index (χ3n) is 1.69. The van der Waals surface area contributed by atoms with Crippen molar-refractivity contribution in [2.24, 2.45) is 0 Å². The molecule has 3 nitrogen and oxygen atoms in total. The molecule has 78 valence electrons. The molecule has 1 aromatic rings. The molecule has 1 aromatic heterocycles. The van der Waals surface area contributed by atoms with Crippen LogP contribution < -0.4 is 0 Å². The van der Waals surface area contributed by atoms with Crippen LogP contribution in [0.1, 0.15) is 23.4 Å². The van der Waals surface area contributed by atoms with Crippen molar-refractivity contribution in [3.05, 3.63) is 23.0 Å². The van der Waals surface area contributed by atoms with Gasteiger partial charge in [-0.25, -0.2) is 13.8 Å². The highest BCUT2D eigenvalue weighted by Gasteiger charge is 2.17. The smallest absolute Gasteiger partial charge is 0.280 e. The lowest BCUT2D eigenvalue weighted by atomic mass is 10.2. The molecule has 14 heavy (non-hydrogen) atoms. The fourth-order valence-electron chi connectivity index (χ4n) is 1.01. The van der Waals surface area contributed by atoms with Gasteiger partial charge in [0.2, 0.25) is 0 Å². The summed E-state index contributed by atoms with van der Waals surface area (Å²) in [5.41, 5.74) is -0.604. The van der Waals surface area contributed by atoms with Crippen molar-refractivity contribution < 1.29 is 19.0 Å². The van der Waals surface area contributed by atoms with E-state index in [1.165, 1.54) is 0 Å². The Morgan fingerprint density at radius 1 is 1.50 bits per heavy atom. The first-order valence-electron chi connectivity index (χ1n) is 3.76. The number of rotatable bonds is 3. The van der Waals surface area contributed by atoms with E-state index in [1.54, 1.807) is 0 Å². The molecule has 0 aromatic carbocycles. The SMILES string of the molecule is OCc1nc(C(F)F)c(CCl)cc1O. The van der Waals surface area contributed by atoms with Crippen molar-refractivity contribution in [2.75, 3.05) is 0 Å². The quantitative estimate of drug-likeness (QED) is 0.771. The van der Waals surface area contributed by atoms with Crippen LogP contribution in [0.25, 0.3) is 0 Å². The molecule has 1 rings (SSSR count). The van der Waals surface area contributed by atoms with E-state index in [2.05, 4.69) is 4.98 Å². The maximum Gasteiger partial charge on any atom is 0.280 e. The van der Waals surface area contributed by atoms with E-state index in [4.69, 9.17) is 16.7 Å². The molecular formula is C8H8ClF2NO2. The number of aliphatic hydroxyl groups is 1. The van der Waals surface area contributed by atoms with Crippen molar-refractivity contribution >= 4 is 11.6 Å². The summed E-state index contributed by atoms with van der Waals surface area (Å²) in [6.07, 6.45) is -2.77. The van der Waals surface area contributed by atoms with Crippen molar-refractivity contribution in [1.29, 1.82) is 0 Å². The van der Waals surface area contributed by atoms with Crippen molar-refractivity contribution in [3.63, 3.8) is 0 Å². The van der Waals surface area contributed by atoms with E-state index in [9.17, 15) is 13.9 Å². The van der Waals surface area contributed by atoms with Crippen LogP contribution >= 0.6 is 11.6 Å². The third kappa shape index (κ3) is 2.10. The molecule has 0 bridgehead atoms. The molecule has 0 atom stereocenters. The second-order valence-electron chi connectivity index (χ2n) is 2.59. The predicted octanol–water partition coefficient (Wildman–Crippen LogP) is 1.96. The molecule has 1 heterocycles. The number of alkyl halides is 3. The van der Waals surface area contributed by atoms with E-state index in [0.717, 1.165) is 6.07 Å². The van der Waals surface area contributed by atoms with Crippen LogP contribution in [0.2, 0.25) is 0 Å². The highest BCUT2D eigenvalue weighted by atomic mass is 35.5. The normalized spacial score (nSPS) is 10.9. The van der Waals surface area contributed by atoms with Crippen LogP contribution in [0, 0.1) is 0 Å². The third-order valence-corrected chi connectivity index (χ3v) is 1.98. The number of aliphatic hydroxyl groups excluding tert-OH is 1. The van der Waals surface area contributed by atoms with Gasteiger partial charge in [-0.05, 0) is 11.6 Å². The maximum atomic E-state index is 12.4. The van der Waals surface area contributed by atoms with E-state index in [-0.39, 0.29) is 22.9 Å². The number of halogens is 3. The van der Waals surface area contributed by atoms with E-state index in [1.807, 2.05) is 0 Å². The number of nitrogens with zero attached hydrogens (tertiary/aromatic N) is 1. The van der Waals surface area contributed by atoms with Crippen molar-refractivity contribution in [1.82, 2.24) is 4.98 Å². The summed E-state index contributed by atoms with van der Waals surface area (Å²) in [6.45, 7) is -0.589. The Labute approximate surface area is 84.0 Å². The van der Waals surface area contributed by atoms with E-state index >= 15 is 0 Å². The lowest BCUT2D eigenvalue weighted by molar-refractivity contribution is 0.144. The zero-order valence-electron chi connectivity index (χ0n) is 7.04. The van der Waals surface area contributed by atoms with Crippen molar-refractivity contribution in [2.45, 2.75) is 18.9 Å². The van der Waals surface area contributed by atoms with Gasteiger partial charge in [-0.3, -0.25) is 0 Å². The first-order chi connectivity index (χ1) is 6.60. The van der Waals surface area contributed by atoms with Gasteiger partial charge in [0.15, 0.2) is 0 Å². The molecule has 0 radical (unpaired) electrons. The average Bonchev–Trinajstić information content (AvgIpc) is 2.16. The van der Waals surface area contributed by atoms with Crippen LogP contribution in [0.15, 0.2) is 6.07 Å². The second kappa shape index (κ2) is 4.52. The molecule has 0 aliphatic carbocycles. The lowest BCUT2D eigenvalue weighted by Gasteiger charge is -2.08. The minimum absolute atomic E-state index is 0.0661. The molecule has 0 saturated carbocycles. The average molecular weight is 224 g/mol. The standard InChI is InChI=1S/C8H8ClF2NO2/c9-2-4-1-6(14)5(3-13)12-7(4)8(10)11/h1,8,13-14H,2-3H2. The van der Waals surface area contributed by atoms with Gasteiger partial charge in [-0.2, -0.15) is 0 Å². The van der Waals surface area contributed by atoms with E-state index in [0.29, 0.717) is 0 Å². The Kier molecular flexibility index (Phi) is 3.60. The van der Waals surface area contributed by atoms with Gasteiger partial charge < -0.3 is 10.2 Å². The molecule has 0 aliphatic heterocycles. The Bertz CT molecular complexity index is 333. The molecule has 6 heteroatoms. The van der Waals surface area contributed by atoms with Gasteiger partial charge in [-0.1, -0.05) is 0 Å². The fourth-order valence-corrected chi connectivity index (χ4v) is 1.22. The highest BCUT2D eigenvalue weighted by molar-refractivity contribution is 6.17. The molecule has 0 unspecified atom stereocenters. The predicted molar refractivity (Wildman–Crippen MR) is 46.3 cm³/mol. The van der Waals surface area contributed by atoms with Crippen LogP contribution in [0.4, 0.5) is 8.78 Å². The fraction of sp³-hybridized carbons (Fsp3) is 0.375. The summed E-state index contributed by atoms with van der Waals surface area (Å²) >= 11 is 5.40. The van der Waals surface area contributed by atoms with Crippen molar-refractivity contribution in [3.8, 4) is 5.75 Å². The van der Waals surface area contributed by atoms with E-state index < -0.39 is 18.7 Å². The van der Waals surface area contributed by atoms with Gasteiger partial charge >= 0.3 is 0 Å². The topological polar surface area (TPSA) is 53.4 Å². The summed E-state index contributed by atoms with van der Waals surface area (Å²) < 4.78 is 24.8. The summed E-state index contributed by atoms with van der Waals surface area (Å²) in [7, 11) is 0. The Morgan fingerprint density at radius 2 is 2.14 bits per heavy atom. The molecule has 0 aliphatic rings. The van der Waals surface area contributed by atoms with Gasteiger partial charge in [0, 0.05) is 5.88 Å². The zero-order valence-corrected chi connectivity index (χ0v) is 7.80. The zero-order chi connectivity index (χ0) is 10.7. The monoisotopic (exact) mass is 223 g/mol. The summed E-state index contributed by atoms with van der Waals surface area (Å²) in [5.74, 6) is -0.487. The van der Waals surface area contributed by atoms with Crippen LogP contribution in [0.3, 0.4) is 0 Å². The van der Waals surface area contributed by atoms with Gasteiger partial charge in [-0.15, -0.1) is 11.6 Å². The number of aromatic hydroxyl groups is 1.